The van der Waals surface area contributed by atoms with Gasteiger partial charge in [-0.1, -0.05) is 38.0 Å². The summed E-state index contributed by atoms with van der Waals surface area (Å²) in [5.74, 6) is 2.04. The third-order valence-electron chi connectivity index (χ3n) is 3.95. The van der Waals surface area contributed by atoms with Gasteiger partial charge in [-0.25, -0.2) is 4.98 Å². The molecule has 3 N–H and O–H groups in total. The first-order valence-electron chi connectivity index (χ1n) is 8.73. The molecule has 0 aliphatic heterocycles. The third-order valence-corrected chi connectivity index (χ3v) is 3.95. The number of hydrogen-bond donors (Lipinski definition) is 2. The Labute approximate surface area is 144 Å². The first kappa shape index (κ1) is 18.0. The Morgan fingerprint density at radius 1 is 1.12 bits per heavy atom. The van der Waals surface area contributed by atoms with Crippen molar-refractivity contribution in [3.05, 3.63) is 41.1 Å². The Morgan fingerprint density at radius 3 is 2.62 bits per heavy atom. The van der Waals surface area contributed by atoms with Gasteiger partial charge in [0.05, 0.1) is 6.61 Å². The van der Waals surface area contributed by atoms with E-state index in [2.05, 4.69) is 28.3 Å². The summed E-state index contributed by atoms with van der Waals surface area (Å²) in [7, 11) is 0. The lowest BCUT2D eigenvalue weighted by atomic mass is 10.0. The monoisotopic (exact) mass is 328 g/mol. The van der Waals surface area contributed by atoms with Gasteiger partial charge in [-0.2, -0.15) is 4.98 Å². The minimum Gasteiger partial charge on any atom is -0.494 e. The molecule has 1 aromatic heterocycles. The maximum absolute atomic E-state index is 6.19. The van der Waals surface area contributed by atoms with Gasteiger partial charge in [0.25, 0.3) is 0 Å². The van der Waals surface area contributed by atoms with Crippen LogP contribution in [0.15, 0.2) is 24.3 Å². The standard InChI is InChI=1S/C19H28N4O/c1-4-6-9-12-21-19-22-14(3)16(18(20)23-19)13-15-10-7-8-11-17(15)24-5-2/h7-8,10-11H,4-6,9,12-13H2,1-3H3,(H3,20,21,22,23). The summed E-state index contributed by atoms with van der Waals surface area (Å²) < 4.78 is 5.69. The van der Waals surface area contributed by atoms with Crippen LogP contribution in [0.25, 0.3) is 0 Å². The molecule has 0 bridgehead atoms. The van der Waals surface area contributed by atoms with E-state index in [1.165, 1.54) is 12.8 Å². The summed E-state index contributed by atoms with van der Waals surface area (Å²) in [6.45, 7) is 7.67. The van der Waals surface area contributed by atoms with Crippen molar-refractivity contribution in [1.82, 2.24) is 9.97 Å². The van der Waals surface area contributed by atoms with Crippen molar-refractivity contribution in [2.24, 2.45) is 0 Å². The average Bonchev–Trinajstić information content (AvgIpc) is 2.57. The zero-order valence-electron chi connectivity index (χ0n) is 14.9. The van der Waals surface area contributed by atoms with Crippen LogP contribution in [0.5, 0.6) is 5.75 Å². The lowest BCUT2D eigenvalue weighted by Gasteiger charge is -2.14. The van der Waals surface area contributed by atoms with E-state index < -0.39 is 0 Å². The lowest BCUT2D eigenvalue weighted by Crippen LogP contribution is -2.11. The number of nitrogens with two attached hydrogens (primary N) is 1. The molecule has 0 aliphatic rings. The summed E-state index contributed by atoms with van der Waals surface area (Å²) in [6.07, 6.45) is 4.18. The molecule has 0 fully saturated rings. The largest absolute Gasteiger partial charge is 0.494 e. The Bertz CT molecular complexity index is 635. The van der Waals surface area contributed by atoms with Crippen LogP contribution in [0.2, 0.25) is 0 Å². The van der Waals surface area contributed by atoms with Gasteiger partial charge < -0.3 is 15.8 Å². The maximum Gasteiger partial charge on any atom is 0.224 e. The highest BCUT2D eigenvalue weighted by molar-refractivity contribution is 5.50. The molecule has 0 spiro atoms. The van der Waals surface area contributed by atoms with Crippen LogP contribution in [0.1, 0.15) is 49.9 Å². The summed E-state index contributed by atoms with van der Waals surface area (Å²) in [6, 6.07) is 8.02. The number of aryl methyl sites for hydroxylation is 1. The fourth-order valence-electron chi connectivity index (χ4n) is 2.63. The van der Waals surface area contributed by atoms with Crippen LogP contribution in [0, 0.1) is 6.92 Å². The van der Waals surface area contributed by atoms with Crippen molar-refractivity contribution in [2.75, 3.05) is 24.2 Å². The number of hydrogen-bond acceptors (Lipinski definition) is 5. The number of anilines is 2. The van der Waals surface area contributed by atoms with E-state index in [-0.39, 0.29) is 0 Å². The molecular weight excluding hydrogens is 300 g/mol. The number of unbranched alkanes of at least 4 members (excludes halogenated alkanes) is 2. The van der Waals surface area contributed by atoms with Crippen molar-refractivity contribution in [3.8, 4) is 5.75 Å². The number of benzene rings is 1. The topological polar surface area (TPSA) is 73.1 Å². The molecule has 0 unspecified atom stereocenters. The van der Waals surface area contributed by atoms with Crippen LogP contribution in [-0.2, 0) is 6.42 Å². The molecule has 2 aromatic rings. The molecule has 0 saturated carbocycles. The number of rotatable bonds is 9. The highest BCUT2D eigenvalue weighted by atomic mass is 16.5. The summed E-state index contributed by atoms with van der Waals surface area (Å²) in [4.78, 5) is 8.98. The minimum absolute atomic E-state index is 0.534. The zero-order valence-corrected chi connectivity index (χ0v) is 14.9. The molecule has 5 nitrogen and oxygen atoms in total. The Kier molecular flexibility index (Phi) is 6.85. The Balaban J connectivity index is 2.14. The highest BCUT2D eigenvalue weighted by Gasteiger charge is 2.12. The van der Waals surface area contributed by atoms with Gasteiger partial charge in [0.2, 0.25) is 5.95 Å². The summed E-state index contributed by atoms with van der Waals surface area (Å²) in [5.41, 5.74) is 9.16. The van der Waals surface area contributed by atoms with E-state index in [0.717, 1.165) is 35.5 Å². The molecule has 2 rings (SSSR count). The van der Waals surface area contributed by atoms with Gasteiger partial charge in [-0.05, 0) is 31.9 Å². The molecule has 0 radical (unpaired) electrons. The minimum atomic E-state index is 0.534. The van der Waals surface area contributed by atoms with Gasteiger partial charge in [0.15, 0.2) is 0 Å². The molecule has 0 atom stereocenters. The molecular formula is C19H28N4O. The fraction of sp³-hybridized carbons (Fsp3) is 0.474. The van der Waals surface area contributed by atoms with E-state index in [4.69, 9.17) is 10.5 Å². The maximum atomic E-state index is 6.19. The Morgan fingerprint density at radius 2 is 1.92 bits per heavy atom. The van der Waals surface area contributed by atoms with Gasteiger partial charge in [-0.15, -0.1) is 0 Å². The number of nitrogens with zero attached hydrogens (tertiary/aromatic N) is 2. The summed E-state index contributed by atoms with van der Waals surface area (Å²) >= 11 is 0. The van der Waals surface area contributed by atoms with Gasteiger partial charge in [-0.3, -0.25) is 0 Å². The molecule has 5 heteroatoms. The second-order valence-corrected chi connectivity index (χ2v) is 5.85. The first-order chi connectivity index (χ1) is 11.7. The molecule has 0 amide bonds. The quantitative estimate of drug-likeness (QED) is 0.682. The van der Waals surface area contributed by atoms with Gasteiger partial charge in [0, 0.05) is 24.2 Å². The van der Waals surface area contributed by atoms with Gasteiger partial charge in [0.1, 0.15) is 11.6 Å². The highest BCUT2D eigenvalue weighted by Crippen LogP contribution is 2.25. The lowest BCUT2D eigenvalue weighted by molar-refractivity contribution is 0.337. The second-order valence-electron chi connectivity index (χ2n) is 5.85. The first-order valence-corrected chi connectivity index (χ1v) is 8.73. The van der Waals surface area contributed by atoms with Crippen LogP contribution >= 0.6 is 0 Å². The average molecular weight is 328 g/mol. The number of para-hydroxylation sites is 1. The van der Waals surface area contributed by atoms with Crippen LogP contribution in [0.4, 0.5) is 11.8 Å². The van der Waals surface area contributed by atoms with Crippen molar-refractivity contribution < 1.29 is 4.74 Å². The van der Waals surface area contributed by atoms with E-state index in [0.29, 0.717) is 24.8 Å². The second kappa shape index (κ2) is 9.11. The predicted molar refractivity (Wildman–Crippen MR) is 99.6 cm³/mol. The fourth-order valence-corrected chi connectivity index (χ4v) is 2.63. The van der Waals surface area contributed by atoms with E-state index >= 15 is 0 Å². The number of nitrogen functional groups attached to an aromatic ring is 1. The van der Waals surface area contributed by atoms with Crippen LogP contribution in [0.3, 0.4) is 0 Å². The normalized spacial score (nSPS) is 10.6. The SMILES string of the molecule is CCCCCNc1nc(C)c(Cc2ccccc2OCC)c(N)n1. The van der Waals surface area contributed by atoms with Crippen molar-refractivity contribution >= 4 is 11.8 Å². The molecule has 0 saturated heterocycles. The summed E-state index contributed by atoms with van der Waals surface area (Å²) in [5, 5.41) is 3.26. The molecule has 0 aliphatic carbocycles. The van der Waals surface area contributed by atoms with Crippen molar-refractivity contribution in [3.63, 3.8) is 0 Å². The zero-order chi connectivity index (χ0) is 17.4. The third kappa shape index (κ3) is 4.85. The van der Waals surface area contributed by atoms with Crippen molar-refractivity contribution in [2.45, 2.75) is 46.5 Å². The number of aromatic nitrogens is 2. The van der Waals surface area contributed by atoms with Gasteiger partial charge >= 0.3 is 0 Å². The van der Waals surface area contributed by atoms with Crippen LogP contribution in [-0.4, -0.2) is 23.1 Å². The van der Waals surface area contributed by atoms with E-state index in [1.807, 2.05) is 32.0 Å². The number of ether oxygens (including phenoxy) is 1. The molecule has 130 valence electrons. The smallest absolute Gasteiger partial charge is 0.224 e. The molecule has 1 aromatic carbocycles. The van der Waals surface area contributed by atoms with Crippen molar-refractivity contribution in [1.29, 1.82) is 0 Å². The molecule has 24 heavy (non-hydrogen) atoms. The van der Waals surface area contributed by atoms with E-state index in [1.54, 1.807) is 0 Å². The van der Waals surface area contributed by atoms with E-state index in [9.17, 15) is 0 Å². The molecule has 1 heterocycles. The predicted octanol–water partition coefficient (Wildman–Crippen LogP) is 3.96. The van der Waals surface area contributed by atoms with Crippen LogP contribution < -0.4 is 15.8 Å². The number of nitrogens with one attached hydrogen (secondary N) is 1. The Hall–Kier alpha value is -2.30.